The summed E-state index contributed by atoms with van der Waals surface area (Å²) in [7, 11) is 0. The minimum Gasteiger partial charge on any atom is -0.462 e. The molecule has 0 saturated carbocycles. The van der Waals surface area contributed by atoms with Crippen LogP contribution in [-0.2, 0) is 14.3 Å². The quantitative estimate of drug-likeness (QED) is 0.189. The van der Waals surface area contributed by atoms with E-state index in [4.69, 9.17) is 4.74 Å². The standard InChI is InChI=1S/C34H29N3O4/c1-4-41-34(40)21-10-9-11-23(17-21)36-19(2)16-22(20(36)3)18-35-37-32(38)30-28-24-12-5-6-13-25(24)29(31(30)33(37)39)27-15-8-7-14-26(27)28/h5-18,28-31H,4H2,1-3H3/b35-18-/t28?,29?,30-,31+. The number of rotatable bonds is 5. The molecule has 1 aromatic heterocycles. The van der Waals surface area contributed by atoms with Gasteiger partial charge in [0.15, 0.2) is 0 Å². The summed E-state index contributed by atoms with van der Waals surface area (Å²) in [4.78, 5) is 40.0. The van der Waals surface area contributed by atoms with Crippen molar-refractivity contribution in [2.24, 2.45) is 16.9 Å². The molecule has 204 valence electrons. The molecule has 4 aromatic rings. The summed E-state index contributed by atoms with van der Waals surface area (Å²) >= 11 is 0. The number of imide groups is 1. The van der Waals surface area contributed by atoms with Gasteiger partial charge in [-0.05, 0) is 67.3 Å². The lowest BCUT2D eigenvalue weighted by molar-refractivity contribution is -0.139. The largest absolute Gasteiger partial charge is 0.462 e. The molecule has 1 fully saturated rings. The molecule has 1 saturated heterocycles. The fourth-order valence-corrected chi connectivity index (χ4v) is 7.20. The van der Waals surface area contributed by atoms with Gasteiger partial charge >= 0.3 is 5.97 Å². The van der Waals surface area contributed by atoms with Gasteiger partial charge in [-0.2, -0.15) is 10.1 Å². The Bertz CT molecular complexity index is 1670. The number of carbonyl (C=O) groups excluding carboxylic acids is 3. The Balaban J connectivity index is 1.22. The van der Waals surface area contributed by atoms with Crippen molar-refractivity contribution in [1.82, 2.24) is 9.58 Å². The van der Waals surface area contributed by atoms with Crippen molar-refractivity contribution < 1.29 is 19.1 Å². The molecule has 1 aliphatic heterocycles. The fourth-order valence-electron chi connectivity index (χ4n) is 7.20. The van der Waals surface area contributed by atoms with E-state index in [1.165, 1.54) is 0 Å². The van der Waals surface area contributed by atoms with Crippen LogP contribution in [0.3, 0.4) is 0 Å². The summed E-state index contributed by atoms with van der Waals surface area (Å²) in [5, 5.41) is 5.60. The van der Waals surface area contributed by atoms with Gasteiger partial charge in [0, 0.05) is 34.5 Å². The topological polar surface area (TPSA) is 81.0 Å². The van der Waals surface area contributed by atoms with Crippen molar-refractivity contribution in [2.45, 2.75) is 32.6 Å². The van der Waals surface area contributed by atoms with E-state index >= 15 is 0 Å². The van der Waals surface area contributed by atoms with Crippen LogP contribution in [-0.4, -0.2) is 40.2 Å². The van der Waals surface area contributed by atoms with Gasteiger partial charge in [-0.3, -0.25) is 9.59 Å². The van der Waals surface area contributed by atoms with Crippen LogP contribution in [0.2, 0.25) is 0 Å². The Hall–Kier alpha value is -4.78. The fraction of sp³-hybridized carbons (Fsp3) is 0.235. The minimum absolute atomic E-state index is 0.161. The number of hydrogen-bond acceptors (Lipinski definition) is 5. The van der Waals surface area contributed by atoms with Crippen molar-refractivity contribution in [3.8, 4) is 5.69 Å². The Labute approximate surface area is 238 Å². The van der Waals surface area contributed by atoms with Crippen LogP contribution in [0.25, 0.3) is 5.69 Å². The van der Waals surface area contributed by atoms with Crippen LogP contribution < -0.4 is 0 Å². The normalized spacial score (nSPS) is 22.2. The lowest BCUT2D eigenvalue weighted by Gasteiger charge is -2.45. The highest BCUT2D eigenvalue weighted by Gasteiger charge is 2.61. The van der Waals surface area contributed by atoms with Crippen LogP contribution in [0.15, 0.2) is 84.0 Å². The highest BCUT2D eigenvalue weighted by atomic mass is 16.5. The van der Waals surface area contributed by atoms with Crippen LogP contribution >= 0.6 is 0 Å². The molecule has 0 radical (unpaired) electrons. The molecule has 4 aliphatic rings. The van der Waals surface area contributed by atoms with E-state index in [2.05, 4.69) is 29.4 Å². The van der Waals surface area contributed by atoms with Crippen LogP contribution in [0, 0.1) is 25.7 Å². The first-order valence-electron chi connectivity index (χ1n) is 14.0. The Morgan fingerprint density at radius 2 is 1.39 bits per heavy atom. The predicted molar refractivity (Wildman–Crippen MR) is 154 cm³/mol. The van der Waals surface area contributed by atoms with E-state index in [1.54, 1.807) is 25.3 Å². The maximum Gasteiger partial charge on any atom is 0.338 e. The van der Waals surface area contributed by atoms with Gasteiger partial charge in [0.1, 0.15) is 0 Å². The van der Waals surface area contributed by atoms with Gasteiger partial charge < -0.3 is 9.30 Å². The van der Waals surface area contributed by atoms with Gasteiger partial charge in [-0.1, -0.05) is 54.6 Å². The van der Waals surface area contributed by atoms with E-state index in [1.807, 2.05) is 60.9 Å². The summed E-state index contributed by atoms with van der Waals surface area (Å²) in [6.07, 6.45) is 1.60. The molecule has 3 aliphatic carbocycles. The number of aryl methyl sites for hydroxylation is 1. The zero-order chi connectivity index (χ0) is 28.4. The highest BCUT2D eigenvalue weighted by molar-refractivity contribution is 6.08. The third-order valence-electron chi connectivity index (χ3n) is 8.82. The summed E-state index contributed by atoms with van der Waals surface area (Å²) in [6, 6.07) is 25.6. The maximum atomic E-state index is 13.9. The summed E-state index contributed by atoms with van der Waals surface area (Å²) in [5.74, 6) is -2.11. The number of ether oxygens (including phenoxy) is 1. The first kappa shape index (κ1) is 25.2. The number of amides is 2. The Kier molecular flexibility index (Phi) is 5.78. The zero-order valence-electron chi connectivity index (χ0n) is 23.1. The maximum absolute atomic E-state index is 13.9. The second-order valence-corrected chi connectivity index (χ2v) is 10.9. The third-order valence-corrected chi connectivity index (χ3v) is 8.82. The molecule has 2 atom stereocenters. The molecule has 0 spiro atoms. The smallest absolute Gasteiger partial charge is 0.338 e. The van der Waals surface area contributed by atoms with Crippen molar-refractivity contribution >= 4 is 24.0 Å². The molecule has 0 unspecified atom stereocenters. The van der Waals surface area contributed by atoms with Gasteiger partial charge in [-0.25, -0.2) is 4.79 Å². The number of nitrogens with zero attached hydrogens (tertiary/aromatic N) is 3. The predicted octanol–water partition coefficient (Wildman–Crippen LogP) is 5.50. The van der Waals surface area contributed by atoms with Crippen LogP contribution in [0.4, 0.5) is 0 Å². The van der Waals surface area contributed by atoms with Crippen molar-refractivity contribution in [2.75, 3.05) is 6.61 Å². The average Bonchev–Trinajstić information content (AvgIpc) is 3.42. The highest BCUT2D eigenvalue weighted by Crippen LogP contribution is 2.60. The number of hydrazone groups is 1. The van der Waals surface area contributed by atoms with E-state index in [-0.39, 0.29) is 29.6 Å². The van der Waals surface area contributed by atoms with E-state index in [0.717, 1.165) is 49.9 Å². The van der Waals surface area contributed by atoms with Crippen molar-refractivity contribution in [3.05, 3.63) is 124 Å². The number of carbonyl (C=O) groups is 3. The Morgan fingerprint density at radius 3 is 1.93 bits per heavy atom. The van der Waals surface area contributed by atoms with Crippen molar-refractivity contribution in [3.63, 3.8) is 0 Å². The lowest BCUT2D eigenvalue weighted by Crippen LogP contribution is -2.41. The number of esters is 1. The molecule has 2 amide bonds. The number of aromatic nitrogens is 1. The summed E-state index contributed by atoms with van der Waals surface area (Å²) < 4.78 is 7.18. The first-order valence-corrected chi connectivity index (χ1v) is 14.0. The average molecular weight is 544 g/mol. The van der Waals surface area contributed by atoms with Crippen molar-refractivity contribution in [1.29, 1.82) is 0 Å². The molecule has 8 rings (SSSR count). The lowest BCUT2D eigenvalue weighted by atomic mass is 9.55. The summed E-state index contributed by atoms with van der Waals surface area (Å²) in [5.41, 5.74) is 8.43. The van der Waals surface area contributed by atoms with E-state index in [0.29, 0.717) is 12.2 Å². The SMILES string of the molecule is CCOC(=O)c1cccc(-n2c(C)cc(/C=N\N3C(=O)[C@@H]4C5c6ccccc6C(c6ccccc65)[C@@H]4C3=O)c2C)c1. The second kappa shape index (κ2) is 9.41. The second-order valence-electron chi connectivity index (χ2n) is 10.9. The molecule has 0 N–H and O–H groups in total. The van der Waals surface area contributed by atoms with E-state index in [9.17, 15) is 14.4 Å². The van der Waals surface area contributed by atoms with Gasteiger partial charge in [-0.15, -0.1) is 0 Å². The molecule has 41 heavy (non-hydrogen) atoms. The van der Waals surface area contributed by atoms with Gasteiger partial charge in [0.2, 0.25) is 0 Å². The number of hydrogen-bond donors (Lipinski definition) is 0. The minimum atomic E-state index is -0.465. The molecular formula is C34H29N3O4. The molecule has 2 bridgehead atoms. The Morgan fingerprint density at radius 1 is 0.829 bits per heavy atom. The third kappa shape index (κ3) is 3.65. The summed E-state index contributed by atoms with van der Waals surface area (Å²) in [6.45, 7) is 6.00. The van der Waals surface area contributed by atoms with Gasteiger partial charge in [0.25, 0.3) is 11.8 Å². The molecule has 7 nitrogen and oxygen atoms in total. The zero-order valence-corrected chi connectivity index (χ0v) is 23.1. The monoisotopic (exact) mass is 543 g/mol. The molecule has 7 heteroatoms. The van der Waals surface area contributed by atoms with Gasteiger partial charge in [0.05, 0.1) is 30.2 Å². The van der Waals surface area contributed by atoms with Crippen LogP contribution in [0.5, 0.6) is 0 Å². The first-order chi connectivity index (χ1) is 19.9. The molecule has 3 aromatic carbocycles. The molecular weight excluding hydrogens is 514 g/mol. The van der Waals surface area contributed by atoms with E-state index < -0.39 is 11.8 Å². The van der Waals surface area contributed by atoms with Crippen LogP contribution in [0.1, 0.15) is 68.3 Å². The molecule has 2 heterocycles. The number of benzene rings is 3.